The Labute approximate surface area is 223 Å². The fourth-order valence-corrected chi connectivity index (χ4v) is 7.72. The smallest absolute Gasteiger partial charge is 0.314 e. The number of thioether (sulfide) groups is 2. The van der Waals surface area contributed by atoms with Gasteiger partial charge in [-0.15, -0.1) is 0 Å². The Morgan fingerprint density at radius 2 is 1.31 bits per heavy atom. The number of carbonyl (C=O) groups is 2. The highest BCUT2D eigenvalue weighted by molar-refractivity contribution is 8.25. The van der Waals surface area contributed by atoms with E-state index in [0.717, 1.165) is 68.3 Å². The van der Waals surface area contributed by atoms with Crippen molar-refractivity contribution in [3.8, 4) is 17.6 Å². The van der Waals surface area contributed by atoms with Crippen molar-refractivity contribution in [2.45, 2.75) is 88.9 Å². The molecule has 0 amide bonds. The van der Waals surface area contributed by atoms with Crippen molar-refractivity contribution in [2.75, 3.05) is 6.26 Å². The Morgan fingerprint density at radius 3 is 1.61 bits per heavy atom. The molecule has 0 bridgehead atoms. The summed E-state index contributed by atoms with van der Waals surface area (Å²) in [6, 6.07) is 4.92. The van der Waals surface area contributed by atoms with Crippen molar-refractivity contribution >= 4 is 45.3 Å². The van der Waals surface area contributed by atoms with Gasteiger partial charge in [0.2, 0.25) is 0 Å². The second kappa shape index (κ2) is 14.1. The molecule has 1 aromatic rings. The van der Waals surface area contributed by atoms with Crippen molar-refractivity contribution in [2.24, 2.45) is 11.8 Å². The average molecular weight is 554 g/mol. The van der Waals surface area contributed by atoms with Crippen LogP contribution < -0.4 is 9.47 Å². The quantitative estimate of drug-likeness (QED) is 0.147. The number of esters is 2. The number of unbranched alkanes of at least 4 members (excludes halogenated alkanes) is 2. The monoisotopic (exact) mass is 553 g/mol. The molecule has 1 aliphatic heterocycles. The summed E-state index contributed by atoms with van der Waals surface area (Å²) >= 11 is 2.09. The highest BCUT2D eigenvalue weighted by Crippen LogP contribution is 2.59. The second-order valence-corrected chi connectivity index (χ2v) is 13.0. The van der Waals surface area contributed by atoms with E-state index in [2.05, 4.69) is 13.8 Å². The van der Waals surface area contributed by atoms with Crippen LogP contribution in [0.4, 0.5) is 0 Å². The van der Waals surface area contributed by atoms with Crippen molar-refractivity contribution < 1.29 is 27.5 Å². The first-order chi connectivity index (χ1) is 17.1. The Bertz CT molecular complexity index is 1080. The number of fused-ring (bicyclic) bond motifs is 1. The van der Waals surface area contributed by atoms with E-state index >= 15 is 0 Å². The van der Waals surface area contributed by atoms with Gasteiger partial charge < -0.3 is 9.47 Å². The fourth-order valence-electron chi connectivity index (χ4n) is 3.72. The number of benzene rings is 1. The van der Waals surface area contributed by atoms with Crippen LogP contribution in [0.15, 0.2) is 31.1 Å². The molecule has 0 saturated carbocycles. The van der Waals surface area contributed by atoms with Gasteiger partial charge in [0.05, 0.1) is 25.9 Å². The van der Waals surface area contributed by atoms with Gasteiger partial charge in [0.25, 0.3) is 0 Å². The van der Waals surface area contributed by atoms with Crippen LogP contribution in [-0.2, 0) is 19.4 Å². The lowest BCUT2D eigenvalue weighted by molar-refractivity contribution is -0.140. The zero-order valence-electron chi connectivity index (χ0n) is 21.6. The first-order valence-corrected chi connectivity index (χ1v) is 15.9. The average Bonchev–Trinajstić information content (AvgIpc) is 3.26. The van der Waals surface area contributed by atoms with Gasteiger partial charge in [-0.25, -0.2) is 8.42 Å². The highest BCUT2D eigenvalue weighted by atomic mass is 32.2. The summed E-state index contributed by atoms with van der Waals surface area (Å²) in [6.45, 7) is 8.00. The molecule has 1 aromatic carbocycles. The molecule has 1 aliphatic rings. The van der Waals surface area contributed by atoms with Gasteiger partial charge in [0.1, 0.15) is 17.6 Å². The van der Waals surface area contributed by atoms with Gasteiger partial charge in [-0.2, -0.15) is 5.26 Å². The molecule has 36 heavy (non-hydrogen) atoms. The van der Waals surface area contributed by atoms with Gasteiger partial charge in [0, 0.05) is 6.26 Å². The summed E-state index contributed by atoms with van der Waals surface area (Å²) in [6.07, 6.45) is 7.48. The third-order valence-corrected chi connectivity index (χ3v) is 9.90. The number of rotatable bonds is 13. The minimum absolute atomic E-state index is 0.242. The zero-order chi connectivity index (χ0) is 26.9. The van der Waals surface area contributed by atoms with Crippen LogP contribution in [0.5, 0.6) is 11.5 Å². The van der Waals surface area contributed by atoms with Crippen LogP contribution in [0, 0.1) is 23.2 Å². The Hall–Kier alpha value is -1.96. The SMILES string of the molecule is CCCCC(CC)C(=O)Oc1ccc(OC(=O)C(CC)CCCC)c2c1SC(=C(C#N)S(C)(=O)=O)S2. The summed E-state index contributed by atoms with van der Waals surface area (Å²) in [5.74, 6) is -0.670. The number of carbonyl (C=O) groups excluding carboxylic acids is 2. The van der Waals surface area contributed by atoms with Crippen molar-refractivity contribution in [3.63, 3.8) is 0 Å². The minimum Gasteiger partial charge on any atom is -0.425 e. The summed E-state index contributed by atoms with van der Waals surface area (Å²) < 4.78 is 36.2. The zero-order valence-corrected chi connectivity index (χ0v) is 24.0. The van der Waals surface area contributed by atoms with Crippen LogP contribution in [-0.4, -0.2) is 26.6 Å². The van der Waals surface area contributed by atoms with E-state index in [0.29, 0.717) is 22.6 Å². The van der Waals surface area contributed by atoms with E-state index in [1.54, 1.807) is 18.2 Å². The third kappa shape index (κ3) is 7.77. The molecular weight excluding hydrogens is 518 g/mol. The lowest BCUT2D eigenvalue weighted by atomic mass is 10.00. The fraction of sp³-hybridized carbons (Fsp3) is 0.577. The predicted octanol–water partition coefficient (Wildman–Crippen LogP) is 6.87. The van der Waals surface area contributed by atoms with Crippen molar-refractivity contribution in [1.29, 1.82) is 5.26 Å². The molecule has 2 atom stereocenters. The molecule has 0 spiro atoms. The molecule has 0 aromatic heterocycles. The van der Waals surface area contributed by atoms with Crippen molar-refractivity contribution in [3.05, 3.63) is 21.3 Å². The molecule has 0 N–H and O–H groups in total. The van der Waals surface area contributed by atoms with E-state index in [1.165, 1.54) is 0 Å². The molecule has 10 heteroatoms. The lowest BCUT2D eigenvalue weighted by Gasteiger charge is -2.17. The van der Waals surface area contributed by atoms with E-state index in [9.17, 15) is 23.3 Å². The summed E-state index contributed by atoms with van der Waals surface area (Å²) in [7, 11) is -3.78. The van der Waals surface area contributed by atoms with Crippen LogP contribution in [0.1, 0.15) is 79.1 Å². The predicted molar refractivity (Wildman–Crippen MR) is 144 cm³/mol. The maximum Gasteiger partial charge on any atom is 0.314 e. The Balaban J connectivity index is 2.47. The van der Waals surface area contributed by atoms with E-state index in [4.69, 9.17) is 9.47 Å². The first kappa shape index (κ1) is 30.3. The van der Waals surface area contributed by atoms with Crippen LogP contribution in [0.3, 0.4) is 0 Å². The summed E-state index contributed by atoms with van der Waals surface area (Å²) in [4.78, 5) is 26.3. The van der Waals surface area contributed by atoms with Gasteiger partial charge >= 0.3 is 11.9 Å². The van der Waals surface area contributed by atoms with Crippen molar-refractivity contribution in [1.82, 2.24) is 0 Å². The Morgan fingerprint density at radius 1 is 0.889 bits per heavy atom. The highest BCUT2D eigenvalue weighted by Gasteiger charge is 2.33. The summed E-state index contributed by atoms with van der Waals surface area (Å²) in [5, 5.41) is 9.52. The van der Waals surface area contributed by atoms with E-state index < -0.39 is 9.84 Å². The number of nitriles is 1. The van der Waals surface area contributed by atoms with Gasteiger partial charge in [-0.1, -0.05) is 76.9 Å². The lowest BCUT2D eigenvalue weighted by Crippen LogP contribution is -2.21. The Kier molecular flexibility index (Phi) is 11.9. The molecule has 1 heterocycles. The van der Waals surface area contributed by atoms with Gasteiger partial charge in [-0.3, -0.25) is 9.59 Å². The minimum atomic E-state index is -3.78. The maximum absolute atomic E-state index is 12.9. The number of allylic oxidation sites excluding steroid dienone is 1. The molecule has 2 unspecified atom stereocenters. The molecule has 0 fully saturated rings. The molecule has 7 nitrogen and oxygen atoms in total. The number of hydrogen-bond acceptors (Lipinski definition) is 9. The molecular formula is C26H35NO6S3. The van der Waals surface area contributed by atoms with E-state index in [-0.39, 0.29) is 44.4 Å². The van der Waals surface area contributed by atoms with Gasteiger partial charge in [0.15, 0.2) is 14.7 Å². The first-order valence-electron chi connectivity index (χ1n) is 12.4. The largest absolute Gasteiger partial charge is 0.425 e. The summed E-state index contributed by atoms with van der Waals surface area (Å²) in [5.41, 5.74) is 0. The molecule has 198 valence electrons. The third-order valence-electron chi connectivity index (χ3n) is 5.97. The molecule has 2 rings (SSSR count). The van der Waals surface area contributed by atoms with Crippen LogP contribution >= 0.6 is 23.5 Å². The number of sulfone groups is 1. The second-order valence-electron chi connectivity index (χ2n) is 8.76. The molecule has 0 aliphatic carbocycles. The molecule has 0 saturated heterocycles. The number of hydrogen-bond donors (Lipinski definition) is 0. The number of nitrogens with zero attached hydrogens (tertiary/aromatic N) is 1. The van der Waals surface area contributed by atoms with Crippen LogP contribution in [0.25, 0.3) is 0 Å². The van der Waals surface area contributed by atoms with Gasteiger partial charge in [-0.05, 0) is 37.8 Å². The van der Waals surface area contributed by atoms with Crippen LogP contribution in [0.2, 0.25) is 0 Å². The standard InChI is InChI=1S/C26H35NO6S3/c1-6-10-12-17(8-3)24(28)32-19-14-15-20(33-25(29)18(9-4)13-11-7-2)23-22(19)34-26(35-23)21(16-27)36(5,30)31/h14-15,17-18H,6-13H2,1-5H3. The molecule has 0 radical (unpaired) electrons. The van der Waals surface area contributed by atoms with E-state index in [1.807, 2.05) is 13.8 Å². The normalized spacial score (nSPS) is 14.5. The topological polar surface area (TPSA) is 111 Å². The number of ether oxygens (including phenoxy) is 2. The maximum atomic E-state index is 12.9.